The zero-order valence-corrected chi connectivity index (χ0v) is 28.4. The molecule has 2 aromatic carbocycles. The Bertz CT molecular complexity index is 1540. The van der Waals surface area contributed by atoms with Crippen LogP contribution in [-0.4, -0.2) is 64.0 Å². The lowest BCUT2D eigenvalue weighted by molar-refractivity contribution is -0.121. The summed E-state index contributed by atoms with van der Waals surface area (Å²) in [6.07, 6.45) is 8.81. The molecule has 10 heteroatoms. The average Bonchev–Trinajstić information content (AvgIpc) is 3.44. The number of carbonyl (C=O) groups excluding carboxylic acids is 2. The smallest absolute Gasteiger partial charge is 0.221 e. The molecule has 0 unspecified atom stereocenters. The maximum Gasteiger partial charge on any atom is 0.221 e. The number of nitrogens with two attached hydrogens (primary N) is 2. The summed E-state index contributed by atoms with van der Waals surface area (Å²) < 4.78 is 2.30. The third kappa shape index (κ3) is 10.8. The van der Waals surface area contributed by atoms with Crippen LogP contribution in [0.3, 0.4) is 0 Å². The number of imidazole rings is 1. The van der Waals surface area contributed by atoms with Gasteiger partial charge in [-0.1, -0.05) is 75.6 Å². The summed E-state index contributed by atoms with van der Waals surface area (Å²) in [6, 6.07) is 16.7. The monoisotopic (exact) mass is 642 g/mol. The van der Waals surface area contributed by atoms with Gasteiger partial charge in [-0.3, -0.25) is 14.5 Å². The van der Waals surface area contributed by atoms with Gasteiger partial charge in [-0.25, -0.2) is 9.97 Å². The van der Waals surface area contributed by atoms with Gasteiger partial charge in [0, 0.05) is 63.9 Å². The van der Waals surface area contributed by atoms with Crippen molar-refractivity contribution in [1.29, 1.82) is 0 Å². The molecule has 0 aliphatic carbocycles. The Balaban J connectivity index is 1.47. The van der Waals surface area contributed by atoms with Crippen molar-refractivity contribution in [2.75, 3.05) is 38.5 Å². The molecule has 6 N–H and O–H groups in total. The number of amides is 2. The van der Waals surface area contributed by atoms with E-state index < -0.39 is 0 Å². The van der Waals surface area contributed by atoms with Crippen molar-refractivity contribution in [3.05, 3.63) is 65.5 Å². The highest BCUT2D eigenvalue weighted by molar-refractivity contribution is 6.06. The number of aryl methyl sites for hydroxylation is 1. The zero-order valence-electron chi connectivity index (χ0n) is 28.4. The standard InChI is InChI=1S/C37H54N8O2/c1-3-5-10-22-40-33(46)19-24-44(25-20-34(47)41-23-11-9-21-38)26-28-15-17-29(18-16-28)27-45-32(14-6-4-2)43-35-36(45)30-12-7-8-13-31(30)42-37(35)39/h7-8,12-13,15-18H,3-6,9-11,14,19-27,38H2,1-2H3,(H2,39,42)(H,40,46)(H,41,47). The summed E-state index contributed by atoms with van der Waals surface area (Å²) in [5, 5.41) is 7.09. The number of unbranched alkanes of at least 4 members (excludes halogenated alkanes) is 4. The van der Waals surface area contributed by atoms with Gasteiger partial charge in [0.1, 0.15) is 11.3 Å². The molecule has 47 heavy (non-hydrogen) atoms. The van der Waals surface area contributed by atoms with Crippen LogP contribution >= 0.6 is 0 Å². The van der Waals surface area contributed by atoms with Crippen LogP contribution in [0, 0.1) is 0 Å². The van der Waals surface area contributed by atoms with E-state index in [1.54, 1.807) is 0 Å². The zero-order chi connectivity index (χ0) is 33.4. The van der Waals surface area contributed by atoms with E-state index in [4.69, 9.17) is 16.5 Å². The molecule has 0 bridgehead atoms. The summed E-state index contributed by atoms with van der Waals surface area (Å²) in [7, 11) is 0. The van der Waals surface area contributed by atoms with Crippen LogP contribution in [0.15, 0.2) is 48.5 Å². The minimum atomic E-state index is 0.0289. The molecular weight excluding hydrogens is 588 g/mol. The van der Waals surface area contributed by atoms with Gasteiger partial charge >= 0.3 is 0 Å². The summed E-state index contributed by atoms with van der Waals surface area (Å²) >= 11 is 0. The van der Waals surface area contributed by atoms with Crippen molar-refractivity contribution in [2.45, 2.75) is 91.1 Å². The number of nitrogen functional groups attached to an aromatic ring is 1. The first kappa shape index (κ1) is 35.8. The maximum atomic E-state index is 12.5. The molecule has 0 aliphatic heterocycles. The Kier molecular flexibility index (Phi) is 14.5. The number of benzene rings is 2. The third-order valence-electron chi connectivity index (χ3n) is 8.58. The van der Waals surface area contributed by atoms with Gasteiger partial charge in [-0.2, -0.15) is 0 Å². The normalized spacial score (nSPS) is 11.5. The minimum absolute atomic E-state index is 0.0289. The van der Waals surface area contributed by atoms with Gasteiger partial charge in [0.25, 0.3) is 0 Å². The molecule has 2 amide bonds. The number of pyridine rings is 1. The average molecular weight is 643 g/mol. The lowest BCUT2D eigenvalue weighted by atomic mass is 10.1. The van der Waals surface area contributed by atoms with E-state index in [0.29, 0.717) is 64.5 Å². The summed E-state index contributed by atoms with van der Waals surface area (Å²) in [5.41, 5.74) is 16.9. The minimum Gasteiger partial charge on any atom is -0.382 e. The van der Waals surface area contributed by atoms with E-state index in [1.165, 1.54) is 5.56 Å². The lowest BCUT2D eigenvalue weighted by Crippen LogP contribution is -2.34. The molecule has 254 valence electrons. The SMILES string of the molecule is CCCCCNC(=O)CCN(CCC(=O)NCCCCN)Cc1ccc(Cn2c(CCCC)nc3c(N)nc4ccccc4c32)cc1. The molecule has 0 aliphatic rings. The number of hydrogen-bond acceptors (Lipinski definition) is 7. The third-order valence-corrected chi connectivity index (χ3v) is 8.58. The first-order valence-electron chi connectivity index (χ1n) is 17.5. The van der Waals surface area contributed by atoms with Crippen molar-refractivity contribution >= 4 is 39.6 Å². The van der Waals surface area contributed by atoms with Gasteiger partial charge in [0.2, 0.25) is 11.8 Å². The van der Waals surface area contributed by atoms with Crippen molar-refractivity contribution < 1.29 is 9.59 Å². The van der Waals surface area contributed by atoms with E-state index in [2.05, 4.69) is 69.3 Å². The van der Waals surface area contributed by atoms with E-state index in [0.717, 1.165) is 84.7 Å². The molecule has 2 aromatic heterocycles. The quantitative estimate of drug-likeness (QED) is 0.0903. The Morgan fingerprint density at radius 1 is 0.809 bits per heavy atom. The van der Waals surface area contributed by atoms with Crippen molar-refractivity contribution in [2.24, 2.45) is 5.73 Å². The molecule has 0 atom stereocenters. The highest BCUT2D eigenvalue weighted by atomic mass is 16.2. The molecule has 0 spiro atoms. The predicted molar refractivity (Wildman–Crippen MR) is 192 cm³/mol. The van der Waals surface area contributed by atoms with Crippen LogP contribution in [0.5, 0.6) is 0 Å². The summed E-state index contributed by atoms with van der Waals surface area (Å²) in [4.78, 5) is 36.9. The molecule has 2 heterocycles. The Morgan fingerprint density at radius 3 is 2.11 bits per heavy atom. The second-order valence-corrected chi connectivity index (χ2v) is 12.4. The van der Waals surface area contributed by atoms with Crippen LogP contribution in [0.4, 0.5) is 5.82 Å². The number of rotatable bonds is 21. The number of fused-ring (bicyclic) bond motifs is 3. The number of carbonyl (C=O) groups is 2. The Labute approximate surface area is 279 Å². The van der Waals surface area contributed by atoms with Gasteiger partial charge in [-0.05, 0) is 49.4 Å². The lowest BCUT2D eigenvalue weighted by Gasteiger charge is -2.22. The van der Waals surface area contributed by atoms with Gasteiger partial charge in [0.15, 0.2) is 5.82 Å². The van der Waals surface area contributed by atoms with Crippen LogP contribution in [0.25, 0.3) is 21.9 Å². The van der Waals surface area contributed by atoms with Crippen molar-refractivity contribution in [1.82, 2.24) is 30.1 Å². The second kappa shape index (κ2) is 19.0. The second-order valence-electron chi connectivity index (χ2n) is 12.4. The van der Waals surface area contributed by atoms with Crippen LogP contribution in [0.1, 0.15) is 88.6 Å². The van der Waals surface area contributed by atoms with Gasteiger partial charge < -0.3 is 26.7 Å². The highest BCUT2D eigenvalue weighted by Gasteiger charge is 2.18. The first-order chi connectivity index (χ1) is 22.9. The fraction of sp³-hybridized carbons (Fsp3) is 0.514. The summed E-state index contributed by atoms with van der Waals surface area (Å²) in [5.74, 6) is 1.57. The number of anilines is 1. The number of aromatic nitrogens is 3. The first-order valence-corrected chi connectivity index (χ1v) is 17.5. The van der Waals surface area contributed by atoms with Crippen molar-refractivity contribution in [3.8, 4) is 0 Å². The summed E-state index contributed by atoms with van der Waals surface area (Å²) in [6.45, 7) is 8.83. The fourth-order valence-corrected chi connectivity index (χ4v) is 5.86. The highest BCUT2D eigenvalue weighted by Crippen LogP contribution is 2.30. The largest absolute Gasteiger partial charge is 0.382 e. The molecule has 4 aromatic rings. The number of para-hydroxylation sites is 1. The molecule has 10 nitrogen and oxygen atoms in total. The van der Waals surface area contributed by atoms with E-state index >= 15 is 0 Å². The number of hydrogen-bond donors (Lipinski definition) is 4. The number of nitrogens with one attached hydrogen (secondary N) is 2. The van der Waals surface area contributed by atoms with E-state index in [9.17, 15) is 9.59 Å². The van der Waals surface area contributed by atoms with E-state index in [-0.39, 0.29) is 11.8 Å². The molecule has 0 radical (unpaired) electrons. The van der Waals surface area contributed by atoms with Crippen LogP contribution in [-0.2, 0) is 29.1 Å². The van der Waals surface area contributed by atoms with Crippen LogP contribution in [0.2, 0.25) is 0 Å². The predicted octanol–water partition coefficient (Wildman–Crippen LogP) is 5.30. The van der Waals surface area contributed by atoms with Gasteiger partial charge in [-0.15, -0.1) is 0 Å². The Hall–Kier alpha value is -4.02. The molecule has 0 saturated carbocycles. The van der Waals surface area contributed by atoms with Crippen LogP contribution < -0.4 is 22.1 Å². The van der Waals surface area contributed by atoms with Gasteiger partial charge in [0.05, 0.1) is 11.0 Å². The molecular formula is C37H54N8O2. The molecule has 0 saturated heterocycles. The number of nitrogens with zero attached hydrogens (tertiary/aromatic N) is 4. The Morgan fingerprint density at radius 2 is 1.45 bits per heavy atom. The molecule has 4 rings (SSSR count). The van der Waals surface area contributed by atoms with E-state index in [1.807, 2.05) is 18.2 Å². The van der Waals surface area contributed by atoms with Crippen molar-refractivity contribution in [3.63, 3.8) is 0 Å². The molecule has 0 fully saturated rings. The topological polar surface area (TPSA) is 144 Å². The fourth-order valence-electron chi connectivity index (χ4n) is 5.86. The maximum absolute atomic E-state index is 12.5.